The third kappa shape index (κ3) is 5.61. The molecule has 3 N–H and O–H groups in total. The van der Waals surface area contributed by atoms with Gasteiger partial charge in [-0.2, -0.15) is 0 Å². The van der Waals surface area contributed by atoms with Crippen molar-refractivity contribution in [1.29, 1.82) is 0 Å². The summed E-state index contributed by atoms with van der Waals surface area (Å²) in [5, 5.41) is 8.75. The van der Waals surface area contributed by atoms with E-state index in [1.54, 1.807) is 49.6 Å². The lowest BCUT2D eigenvalue weighted by molar-refractivity contribution is -0.114. The van der Waals surface area contributed by atoms with Gasteiger partial charge < -0.3 is 20.7 Å². The number of hydrogen-bond donors (Lipinski definition) is 3. The molecule has 30 heavy (non-hydrogen) atoms. The normalized spacial score (nSPS) is 10.2. The molecular weight excluding hydrogens is 378 g/mol. The molecule has 0 fully saturated rings. The zero-order valence-electron chi connectivity index (χ0n) is 17.1. The fourth-order valence-electron chi connectivity index (χ4n) is 2.91. The van der Waals surface area contributed by atoms with Gasteiger partial charge in [-0.3, -0.25) is 9.59 Å². The van der Waals surface area contributed by atoms with Crippen molar-refractivity contribution in [2.45, 2.75) is 13.3 Å². The van der Waals surface area contributed by atoms with E-state index in [-0.39, 0.29) is 18.4 Å². The predicted octanol–water partition coefficient (Wildman–Crippen LogP) is 4.56. The highest BCUT2D eigenvalue weighted by Gasteiger charge is 2.12. The van der Waals surface area contributed by atoms with Gasteiger partial charge in [0.15, 0.2) is 0 Å². The topological polar surface area (TPSA) is 79.5 Å². The lowest BCUT2D eigenvalue weighted by atomic mass is 10.1. The fraction of sp³-hybridized carbons (Fsp3) is 0.167. The molecule has 0 saturated heterocycles. The second-order valence-electron chi connectivity index (χ2n) is 6.68. The van der Waals surface area contributed by atoms with Crippen molar-refractivity contribution in [2.24, 2.45) is 0 Å². The van der Waals surface area contributed by atoms with Crippen LogP contribution in [0.5, 0.6) is 5.75 Å². The van der Waals surface area contributed by atoms with E-state index < -0.39 is 0 Å². The van der Waals surface area contributed by atoms with Gasteiger partial charge in [-0.25, -0.2) is 0 Å². The highest BCUT2D eigenvalue weighted by molar-refractivity contribution is 6.08. The number of methoxy groups -OCH3 is 1. The van der Waals surface area contributed by atoms with E-state index in [0.717, 1.165) is 12.1 Å². The molecule has 0 heterocycles. The molecule has 0 aliphatic rings. The van der Waals surface area contributed by atoms with Gasteiger partial charge >= 0.3 is 0 Å². The number of ether oxygens (including phenoxy) is 1. The summed E-state index contributed by atoms with van der Waals surface area (Å²) >= 11 is 0. The summed E-state index contributed by atoms with van der Waals surface area (Å²) < 4.78 is 5.13. The van der Waals surface area contributed by atoms with Crippen LogP contribution in [-0.4, -0.2) is 25.5 Å². The molecule has 3 aromatic rings. The third-order valence-corrected chi connectivity index (χ3v) is 4.60. The Kier molecular flexibility index (Phi) is 7.05. The van der Waals surface area contributed by atoms with Crippen molar-refractivity contribution < 1.29 is 14.3 Å². The second kappa shape index (κ2) is 10.1. The summed E-state index contributed by atoms with van der Waals surface area (Å²) in [7, 11) is 1.59. The summed E-state index contributed by atoms with van der Waals surface area (Å²) in [4.78, 5) is 25.0. The van der Waals surface area contributed by atoms with Crippen molar-refractivity contribution in [3.05, 3.63) is 83.9 Å². The molecule has 154 valence electrons. The van der Waals surface area contributed by atoms with Crippen molar-refractivity contribution in [2.75, 3.05) is 29.6 Å². The molecule has 0 atom stereocenters. The van der Waals surface area contributed by atoms with Crippen LogP contribution in [0.2, 0.25) is 0 Å². The minimum Gasteiger partial charge on any atom is -0.497 e. The van der Waals surface area contributed by atoms with Gasteiger partial charge in [0.2, 0.25) is 5.91 Å². The lowest BCUT2D eigenvalue weighted by Crippen LogP contribution is -2.23. The molecule has 0 bridgehead atoms. The number of rotatable bonds is 8. The standard InChI is InChI=1S/C24H25N3O3/c1-3-17-8-10-18(11-9-17)26-23(28)16-25-22-7-5-4-6-21(22)24(29)27-19-12-14-20(30-2)15-13-19/h4-15,25H,3,16H2,1-2H3,(H,26,28)(H,27,29). The molecule has 3 rings (SSSR count). The fourth-order valence-corrected chi connectivity index (χ4v) is 2.91. The zero-order valence-corrected chi connectivity index (χ0v) is 17.1. The number of benzene rings is 3. The number of hydrogen-bond acceptors (Lipinski definition) is 4. The van der Waals surface area contributed by atoms with Crippen LogP contribution in [0.25, 0.3) is 0 Å². The van der Waals surface area contributed by atoms with E-state index in [9.17, 15) is 9.59 Å². The van der Waals surface area contributed by atoms with Crippen LogP contribution in [0.3, 0.4) is 0 Å². The van der Waals surface area contributed by atoms with Gasteiger partial charge in [0.25, 0.3) is 5.91 Å². The first-order valence-electron chi connectivity index (χ1n) is 9.76. The summed E-state index contributed by atoms with van der Waals surface area (Å²) in [6.45, 7) is 2.13. The maximum Gasteiger partial charge on any atom is 0.257 e. The first-order valence-corrected chi connectivity index (χ1v) is 9.76. The van der Waals surface area contributed by atoms with Crippen LogP contribution in [0.1, 0.15) is 22.8 Å². The first kappa shape index (κ1) is 20.9. The van der Waals surface area contributed by atoms with Crippen molar-refractivity contribution in [1.82, 2.24) is 0 Å². The van der Waals surface area contributed by atoms with Crippen LogP contribution in [-0.2, 0) is 11.2 Å². The van der Waals surface area contributed by atoms with Crippen molar-refractivity contribution >= 4 is 28.9 Å². The quantitative estimate of drug-likeness (QED) is 0.515. The molecule has 3 aromatic carbocycles. The SMILES string of the molecule is CCc1ccc(NC(=O)CNc2ccccc2C(=O)Nc2ccc(OC)cc2)cc1. The Morgan fingerprint density at radius 3 is 2.13 bits per heavy atom. The summed E-state index contributed by atoms with van der Waals surface area (Å²) in [6.07, 6.45) is 0.950. The van der Waals surface area contributed by atoms with E-state index in [0.29, 0.717) is 22.7 Å². The lowest BCUT2D eigenvalue weighted by Gasteiger charge is -2.13. The monoisotopic (exact) mass is 403 g/mol. The Labute approximate surface area is 176 Å². The number of aryl methyl sites for hydroxylation is 1. The van der Waals surface area contributed by atoms with Crippen LogP contribution >= 0.6 is 0 Å². The van der Waals surface area contributed by atoms with Gasteiger partial charge in [-0.15, -0.1) is 0 Å². The largest absolute Gasteiger partial charge is 0.497 e. The average molecular weight is 403 g/mol. The molecule has 0 spiro atoms. The number of carbonyl (C=O) groups excluding carboxylic acids is 2. The summed E-state index contributed by atoms with van der Waals surface area (Å²) in [5.74, 6) is 0.258. The maximum atomic E-state index is 12.7. The minimum atomic E-state index is -0.265. The van der Waals surface area contributed by atoms with E-state index in [2.05, 4.69) is 22.9 Å². The molecule has 0 aliphatic carbocycles. The Morgan fingerprint density at radius 1 is 0.833 bits per heavy atom. The first-order chi connectivity index (χ1) is 14.6. The highest BCUT2D eigenvalue weighted by Crippen LogP contribution is 2.19. The predicted molar refractivity (Wildman–Crippen MR) is 120 cm³/mol. The third-order valence-electron chi connectivity index (χ3n) is 4.60. The van der Waals surface area contributed by atoms with Crippen LogP contribution in [0, 0.1) is 0 Å². The molecular formula is C24H25N3O3. The zero-order chi connectivity index (χ0) is 21.3. The summed E-state index contributed by atoms with van der Waals surface area (Å²) in [6, 6.07) is 21.9. The molecule has 0 aliphatic heterocycles. The Hall–Kier alpha value is -3.80. The van der Waals surface area contributed by atoms with E-state index in [1.807, 2.05) is 30.3 Å². The van der Waals surface area contributed by atoms with Gasteiger partial charge in [0, 0.05) is 17.1 Å². The molecule has 0 aromatic heterocycles. The maximum absolute atomic E-state index is 12.7. The smallest absolute Gasteiger partial charge is 0.257 e. The Bertz CT molecular complexity index is 999. The van der Waals surface area contributed by atoms with E-state index in [4.69, 9.17) is 4.74 Å². The molecule has 2 amide bonds. The van der Waals surface area contributed by atoms with Gasteiger partial charge in [0.1, 0.15) is 5.75 Å². The van der Waals surface area contributed by atoms with Crippen LogP contribution in [0.15, 0.2) is 72.8 Å². The molecule has 0 saturated carbocycles. The Morgan fingerprint density at radius 2 is 1.47 bits per heavy atom. The van der Waals surface area contributed by atoms with Crippen LogP contribution < -0.4 is 20.7 Å². The minimum absolute atomic E-state index is 0.0440. The number of amides is 2. The van der Waals surface area contributed by atoms with E-state index in [1.165, 1.54) is 5.56 Å². The average Bonchev–Trinajstić information content (AvgIpc) is 2.79. The molecule has 6 nitrogen and oxygen atoms in total. The van der Waals surface area contributed by atoms with Gasteiger partial charge in [-0.1, -0.05) is 31.2 Å². The van der Waals surface area contributed by atoms with Gasteiger partial charge in [-0.05, 0) is 60.5 Å². The van der Waals surface area contributed by atoms with Crippen molar-refractivity contribution in [3.8, 4) is 5.75 Å². The van der Waals surface area contributed by atoms with Crippen LogP contribution in [0.4, 0.5) is 17.1 Å². The summed E-state index contributed by atoms with van der Waals surface area (Å²) in [5.41, 5.74) is 3.64. The van der Waals surface area contributed by atoms with Crippen molar-refractivity contribution in [3.63, 3.8) is 0 Å². The number of anilines is 3. The van der Waals surface area contributed by atoms with Gasteiger partial charge in [0.05, 0.1) is 19.2 Å². The number of nitrogens with one attached hydrogen (secondary N) is 3. The molecule has 6 heteroatoms. The van der Waals surface area contributed by atoms with E-state index >= 15 is 0 Å². The number of carbonyl (C=O) groups is 2. The second-order valence-corrected chi connectivity index (χ2v) is 6.68. The Balaban J connectivity index is 1.61. The highest BCUT2D eigenvalue weighted by atomic mass is 16.5. The molecule has 0 unspecified atom stereocenters. The molecule has 0 radical (unpaired) electrons. The number of para-hydroxylation sites is 1.